The van der Waals surface area contributed by atoms with Crippen LogP contribution in [0.25, 0.3) is 11.1 Å². The second kappa shape index (κ2) is 8.05. The smallest absolute Gasteiger partial charge is 0.323 e. The van der Waals surface area contributed by atoms with Gasteiger partial charge in [0.2, 0.25) is 0 Å². The highest BCUT2D eigenvalue weighted by atomic mass is 16.5. The summed E-state index contributed by atoms with van der Waals surface area (Å²) in [6.45, 7) is 5.07. The summed E-state index contributed by atoms with van der Waals surface area (Å²) in [5, 5.41) is 0. The van der Waals surface area contributed by atoms with E-state index in [4.69, 9.17) is 9.47 Å². The number of carbonyl (C=O) groups excluding carboxylic acids is 1. The first-order valence-corrected chi connectivity index (χ1v) is 9.54. The van der Waals surface area contributed by atoms with E-state index in [0.717, 1.165) is 41.5 Å². The van der Waals surface area contributed by atoms with Gasteiger partial charge in [-0.05, 0) is 34.6 Å². The molecule has 0 bridgehead atoms. The second-order valence-electron chi connectivity index (χ2n) is 7.09. The molecule has 0 fully saturated rings. The third-order valence-electron chi connectivity index (χ3n) is 5.50. The van der Waals surface area contributed by atoms with Gasteiger partial charge in [0, 0.05) is 7.11 Å². The Kier molecular flexibility index (Phi) is 5.77. The third-order valence-corrected chi connectivity index (χ3v) is 5.50. The Balaban J connectivity index is 2.01. The molecule has 0 heterocycles. The Labute approximate surface area is 156 Å². The molecule has 0 spiro atoms. The van der Waals surface area contributed by atoms with Crippen molar-refractivity contribution >= 4 is 5.97 Å². The van der Waals surface area contributed by atoms with E-state index in [0.29, 0.717) is 12.5 Å². The summed E-state index contributed by atoms with van der Waals surface area (Å²) in [7, 11) is 1.64. The van der Waals surface area contributed by atoms with E-state index in [1.165, 1.54) is 0 Å². The monoisotopic (exact) mass is 352 g/mol. The van der Waals surface area contributed by atoms with Crippen LogP contribution in [0.3, 0.4) is 0 Å². The van der Waals surface area contributed by atoms with Gasteiger partial charge in [-0.1, -0.05) is 75.2 Å². The molecule has 3 nitrogen and oxygen atoms in total. The topological polar surface area (TPSA) is 35.5 Å². The average molecular weight is 352 g/mol. The highest BCUT2D eigenvalue weighted by Gasteiger charge is 2.50. The van der Waals surface area contributed by atoms with Crippen LogP contribution in [0, 0.1) is 5.92 Å². The van der Waals surface area contributed by atoms with Crippen LogP contribution in [0.1, 0.15) is 44.2 Å². The summed E-state index contributed by atoms with van der Waals surface area (Å²) in [5.41, 5.74) is 3.27. The molecular weight excluding hydrogens is 324 g/mol. The van der Waals surface area contributed by atoms with E-state index in [9.17, 15) is 4.79 Å². The summed E-state index contributed by atoms with van der Waals surface area (Å²) < 4.78 is 11.4. The van der Waals surface area contributed by atoms with Crippen LogP contribution in [0.2, 0.25) is 0 Å². The van der Waals surface area contributed by atoms with Gasteiger partial charge in [0.15, 0.2) is 0 Å². The molecule has 3 rings (SSSR count). The van der Waals surface area contributed by atoms with Crippen molar-refractivity contribution in [2.75, 3.05) is 20.3 Å². The predicted molar refractivity (Wildman–Crippen MR) is 104 cm³/mol. The van der Waals surface area contributed by atoms with E-state index in [1.54, 1.807) is 7.11 Å². The van der Waals surface area contributed by atoms with Crippen molar-refractivity contribution < 1.29 is 14.3 Å². The second-order valence-corrected chi connectivity index (χ2v) is 7.09. The minimum atomic E-state index is -0.882. The quantitative estimate of drug-likeness (QED) is 0.629. The van der Waals surface area contributed by atoms with Gasteiger partial charge in [-0.15, -0.1) is 0 Å². The molecule has 0 saturated carbocycles. The Morgan fingerprint density at radius 2 is 1.58 bits per heavy atom. The molecule has 0 amide bonds. The lowest BCUT2D eigenvalue weighted by atomic mass is 9.79. The van der Waals surface area contributed by atoms with E-state index >= 15 is 0 Å². The fourth-order valence-corrected chi connectivity index (χ4v) is 4.11. The van der Waals surface area contributed by atoms with Crippen LogP contribution >= 0.6 is 0 Å². The summed E-state index contributed by atoms with van der Waals surface area (Å²) >= 11 is 0. The standard InChI is InChI=1S/C23H28O3/c1-4-10-17(5-2)15-26-22(24)23(16-25-3)20-13-8-6-11-18(20)19-12-7-9-14-21(19)23/h6-9,11-14,17H,4-5,10,15-16H2,1-3H3. The lowest BCUT2D eigenvalue weighted by Crippen LogP contribution is -2.41. The number of hydrogen-bond acceptors (Lipinski definition) is 3. The zero-order valence-corrected chi connectivity index (χ0v) is 16.0. The molecule has 0 saturated heterocycles. The van der Waals surface area contributed by atoms with E-state index < -0.39 is 5.41 Å². The molecule has 2 aromatic rings. The van der Waals surface area contributed by atoms with Crippen molar-refractivity contribution in [1.82, 2.24) is 0 Å². The summed E-state index contributed by atoms with van der Waals surface area (Å²) in [6, 6.07) is 16.2. The fraction of sp³-hybridized carbons (Fsp3) is 0.435. The number of methoxy groups -OCH3 is 1. The van der Waals surface area contributed by atoms with Gasteiger partial charge in [-0.2, -0.15) is 0 Å². The van der Waals surface area contributed by atoms with Crippen molar-refractivity contribution in [2.24, 2.45) is 5.92 Å². The Bertz CT molecular complexity index is 720. The largest absolute Gasteiger partial charge is 0.464 e. The van der Waals surface area contributed by atoms with Gasteiger partial charge in [0.25, 0.3) is 0 Å². The van der Waals surface area contributed by atoms with Crippen molar-refractivity contribution in [3.63, 3.8) is 0 Å². The molecule has 0 aliphatic heterocycles. The molecule has 0 radical (unpaired) electrons. The van der Waals surface area contributed by atoms with Crippen molar-refractivity contribution in [2.45, 2.75) is 38.5 Å². The predicted octanol–water partition coefficient (Wildman–Crippen LogP) is 4.97. The number of rotatable bonds is 8. The first-order valence-electron chi connectivity index (χ1n) is 9.54. The summed E-state index contributed by atoms with van der Waals surface area (Å²) in [4.78, 5) is 13.4. The SMILES string of the molecule is CCCC(CC)COC(=O)C1(COC)c2ccccc2-c2ccccc21. The van der Waals surface area contributed by atoms with Crippen molar-refractivity contribution in [3.8, 4) is 11.1 Å². The van der Waals surface area contributed by atoms with Gasteiger partial charge in [-0.3, -0.25) is 4.79 Å². The number of esters is 1. The van der Waals surface area contributed by atoms with Gasteiger partial charge in [0.05, 0.1) is 13.2 Å². The Hall–Kier alpha value is -2.13. The van der Waals surface area contributed by atoms with Crippen LogP contribution < -0.4 is 0 Å². The average Bonchev–Trinajstić information content (AvgIpc) is 2.97. The first kappa shape index (κ1) is 18.7. The third kappa shape index (κ3) is 3.05. The van der Waals surface area contributed by atoms with Crippen LogP contribution in [-0.2, 0) is 19.7 Å². The van der Waals surface area contributed by atoms with Gasteiger partial charge in [-0.25, -0.2) is 0 Å². The highest BCUT2D eigenvalue weighted by Crippen LogP contribution is 2.49. The normalized spacial score (nSPS) is 15.2. The van der Waals surface area contributed by atoms with Crippen LogP contribution in [-0.4, -0.2) is 26.3 Å². The van der Waals surface area contributed by atoms with Crippen molar-refractivity contribution in [3.05, 3.63) is 59.7 Å². The van der Waals surface area contributed by atoms with Gasteiger partial charge < -0.3 is 9.47 Å². The van der Waals surface area contributed by atoms with Crippen LogP contribution in [0.15, 0.2) is 48.5 Å². The number of ether oxygens (including phenoxy) is 2. The highest BCUT2D eigenvalue weighted by molar-refractivity contribution is 5.98. The zero-order chi connectivity index (χ0) is 18.6. The molecule has 2 aromatic carbocycles. The molecule has 3 heteroatoms. The molecule has 1 aliphatic rings. The van der Waals surface area contributed by atoms with Crippen LogP contribution in [0.4, 0.5) is 0 Å². The maximum Gasteiger partial charge on any atom is 0.323 e. The van der Waals surface area contributed by atoms with Crippen LogP contribution in [0.5, 0.6) is 0 Å². The number of carbonyl (C=O) groups is 1. The lowest BCUT2D eigenvalue weighted by Gasteiger charge is -2.29. The van der Waals surface area contributed by atoms with E-state index in [-0.39, 0.29) is 12.6 Å². The molecular formula is C23H28O3. The van der Waals surface area contributed by atoms with Crippen molar-refractivity contribution in [1.29, 1.82) is 0 Å². The maximum absolute atomic E-state index is 13.4. The Morgan fingerprint density at radius 3 is 2.08 bits per heavy atom. The lowest BCUT2D eigenvalue weighted by molar-refractivity contribution is -0.152. The number of benzene rings is 2. The zero-order valence-electron chi connectivity index (χ0n) is 16.0. The van der Waals surface area contributed by atoms with E-state index in [2.05, 4.69) is 26.0 Å². The molecule has 0 N–H and O–H groups in total. The molecule has 1 aliphatic carbocycles. The first-order chi connectivity index (χ1) is 12.7. The molecule has 1 atom stereocenters. The molecule has 26 heavy (non-hydrogen) atoms. The number of hydrogen-bond donors (Lipinski definition) is 0. The van der Waals surface area contributed by atoms with Gasteiger partial charge in [0.1, 0.15) is 5.41 Å². The maximum atomic E-state index is 13.4. The molecule has 138 valence electrons. The van der Waals surface area contributed by atoms with E-state index in [1.807, 2.05) is 36.4 Å². The van der Waals surface area contributed by atoms with Gasteiger partial charge >= 0.3 is 5.97 Å². The molecule has 1 unspecified atom stereocenters. The summed E-state index contributed by atoms with van der Waals surface area (Å²) in [6.07, 6.45) is 3.20. The minimum absolute atomic E-state index is 0.202. The summed E-state index contributed by atoms with van der Waals surface area (Å²) in [5.74, 6) is 0.210. The Morgan fingerprint density at radius 1 is 1.00 bits per heavy atom. The molecule has 0 aromatic heterocycles. The number of fused-ring (bicyclic) bond motifs is 3. The fourth-order valence-electron chi connectivity index (χ4n) is 4.11. The minimum Gasteiger partial charge on any atom is -0.464 e.